The second-order valence-electron chi connectivity index (χ2n) is 2.61. The predicted octanol–water partition coefficient (Wildman–Crippen LogP) is 1.19. The van der Waals surface area contributed by atoms with Gasteiger partial charge < -0.3 is 10.1 Å². The average Bonchev–Trinajstić information content (AvgIpc) is 2.02. The van der Waals surface area contributed by atoms with E-state index in [0.29, 0.717) is 6.61 Å². The summed E-state index contributed by atoms with van der Waals surface area (Å²) >= 11 is 0. The van der Waals surface area contributed by atoms with Crippen LogP contribution in [0.3, 0.4) is 0 Å². The van der Waals surface area contributed by atoms with Crippen molar-refractivity contribution in [1.82, 2.24) is 5.32 Å². The maximum Gasteiger partial charge on any atom is 0.0672 e. The van der Waals surface area contributed by atoms with E-state index in [2.05, 4.69) is 23.7 Å². The molecule has 0 fully saturated rings. The van der Waals surface area contributed by atoms with Crippen molar-refractivity contribution >= 4 is 0 Å². The van der Waals surface area contributed by atoms with E-state index < -0.39 is 0 Å². The second-order valence-corrected chi connectivity index (χ2v) is 2.61. The first kappa shape index (κ1) is 11.2. The molecule has 0 radical (unpaired) electrons. The van der Waals surface area contributed by atoms with Crippen molar-refractivity contribution in [1.29, 1.82) is 0 Å². The Morgan fingerprint density at radius 2 is 2.33 bits per heavy atom. The molecule has 2 nitrogen and oxygen atoms in total. The first-order valence-corrected chi connectivity index (χ1v) is 4.10. The van der Waals surface area contributed by atoms with Crippen LogP contribution < -0.4 is 5.32 Å². The molecule has 0 bridgehead atoms. The van der Waals surface area contributed by atoms with Gasteiger partial charge in [0.05, 0.1) is 19.8 Å². The van der Waals surface area contributed by atoms with Crippen LogP contribution in [0.15, 0.2) is 12.2 Å². The normalized spacial score (nSPS) is 8.83. The highest BCUT2D eigenvalue weighted by molar-refractivity contribution is 4.96. The van der Waals surface area contributed by atoms with Crippen LogP contribution in [0, 0.1) is 11.8 Å². The maximum absolute atomic E-state index is 5.27. The Morgan fingerprint density at radius 3 is 2.92 bits per heavy atom. The molecule has 0 aliphatic heterocycles. The molecule has 0 aromatic carbocycles. The Hall–Kier alpha value is -0.780. The van der Waals surface area contributed by atoms with E-state index in [0.717, 1.165) is 25.3 Å². The molecular formula is C10H17NO. The second kappa shape index (κ2) is 8.32. The Balaban J connectivity index is 2.99. The van der Waals surface area contributed by atoms with Crippen LogP contribution in [0.1, 0.15) is 13.8 Å². The summed E-state index contributed by atoms with van der Waals surface area (Å²) in [6, 6.07) is 0. The monoisotopic (exact) mass is 167 g/mol. The number of hydrogen-bond donors (Lipinski definition) is 1. The SMILES string of the molecule is C=C(C)COCCNCC#CC. The summed E-state index contributed by atoms with van der Waals surface area (Å²) in [5.41, 5.74) is 1.06. The fourth-order valence-electron chi connectivity index (χ4n) is 0.630. The van der Waals surface area contributed by atoms with Gasteiger partial charge in [0, 0.05) is 6.54 Å². The minimum atomic E-state index is 0.654. The average molecular weight is 167 g/mol. The smallest absolute Gasteiger partial charge is 0.0672 e. The minimum absolute atomic E-state index is 0.654. The summed E-state index contributed by atoms with van der Waals surface area (Å²) in [7, 11) is 0. The quantitative estimate of drug-likeness (QED) is 0.364. The van der Waals surface area contributed by atoms with E-state index in [1.54, 1.807) is 0 Å². The van der Waals surface area contributed by atoms with Crippen LogP contribution in [-0.4, -0.2) is 26.3 Å². The third-order valence-electron chi connectivity index (χ3n) is 1.16. The zero-order valence-electron chi connectivity index (χ0n) is 7.94. The molecule has 2 heteroatoms. The Labute approximate surface area is 75.0 Å². The summed E-state index contributed by atoms with van der Waals surface area (Å²) in [4.78, 5) is 0. The first-order chi connectivity index (χ1) is 5.77. The zero-order chi connectivity index (χ0) is 9.23. The van der Waals surface area contributed by atoms with Gasteiger partial charge in [-0.1, -0.05) is 18.1 Å². The van der Waals surface area contributed by atoms with Gasteiger partial charge in [0.25, 0.3) is 0 Å². The van der Waals surface area contributed by atoms with E-state index in [4.69, 9.17) is 4.74 Å². The molecule has 0 aliphatic carbocycles. The van der Waals surface area contributed by atoms with Gasteiger partial charge in [0.15, 0.2) is 0 Å². The molecule has 0 saturated carbocycles. The van der Waals surface area contributed by atoms with Crippen molar-refractivity contribution in [2.24, 2.45) is 0 Å². The molecule has 0 rings (SSSR count). The summed E-state index contributed by atoms with van der Waals surface area (Å²) in [6.45, 7) is 10.5. The third-order valence-corrected chi connectivity index (χ3v) is 1.16. The lowest BCUT2D eigenvalue weighted by atomic mass is 10.4. The van der Waals surface area contributed by atoms with Crippen molar-refractivity contribution in [2.75, 3.05) is 26.3 Å². The lowest BCUT2D eigenvalue weighted by Gasteiger charge is -2.02. The summed E-state index contributed by atoms with van der Waals surface area (Å²) < 4.78 is 5.27. The summed E-state index contributed by atoms with van der Waals surface area (Å²) in [5, 5.41) is 3.13. The molecule has 0 heterocycles. The van der Waals surface area contributed by atoms with E-state index in [9.17, 15) is 0 Å². The van der Waals surface area contributed by atoms with Gasteiger partial charge in [0.2, 0.25) is 0 Å². The van der Waals surface area contributed by atoms with Gasteiger partial charge in [-0.15, -0.1) is 5.92 Å². The fourth-order valence-corrected chi connectivity index (χ4v) is 0.630. The molecule has 0 spiro atoms. The van der Waals surface area contributed by atoms with Crippen LogP contribution >= 0.6 is 0 Å². The maximum atomic E-state index is 5.27. The first-order valence-electron chi connectivity index (χ1n) is 4.10. The molecule has 12 heavy (non-hydrogen) atoms. The molecule has 68 valence electrons. The van der Waals surface area contributed by atoms with Gasteiger partial charge in [-0.05, 0) is 13.8 Å². The van der Waals surface area contributed by atoms with Crippen LogP contribution in [0.2, 0.25) is 0 Å². The Morgan fingerprint density at radius 1 is 1.58 bits per heavy atom. The third kappa shape index (κ3) is 9.22. The molecular weight excluding hydrogens is 150 g/mol. The minimum Gasteiger partial charge on any atom is -0.376 e. The number of hydrogen-bond acceptors (Lipinski definition) is 2. The Bertz CT molecular complexity index is 176. The highest BCUT2D eigenvalue weighted by Crippen LogP contribution is 1.86. The van der Waals surface area contributed by atoms with Gasteiger partial charge >= 0.3 is 0 Å². The molecule has 0 aromatic heterocycles. The largest absolute Gasteiger partial charge is 0.376 e. The van der Waals surface area contributed by atoms with Crippen LogP contribution in [0.5, 0.6) is 0 Å². The lowest BCUT2D eigenvalue weighted by molar-refractivity contribution is 0.159. The van der Waals surface area contributed by atoms with Crippen molar-refractivity contribution < 1.29 is 4.74 Å². The van der Waals surface area contributed by atoms with Crippen LogP contribution in [0.4, 0.5) is 0 Å². The van der Waals surface area contributed by atoms with Gasteiger partial charge in [-0.25, -0.2) is 0 Å². The van der Waals surface area contributed by atoms with E-state index >= 15 is 0 Å². The van der Waals surface area contributed by atoms with Crippen molar-refractivity contribution in [3.63, 3.8) is 0 Å². The molecule has 0 aromatic rings. The van der Waals surface area contributed by atoms with Gasteiger partial charge in [-0.3, -0.25) is 0 Å². The van der Waals surface area contributed by atoms with Crippen LogP contribution in [0.25, 0.3) is 0 Å². The van der Waals surface area contributed by atoms with Gasteiger partial charge in [0.1, 0.15) is 0 Å². The topological polar surface area (TPSA) is 21.3 Å². The molecule has 1 N–H and O–H groups in total. The molecule has 0 saturated heterocycles. The van der Waals surface area contributed by atoms with Crippen molar-refractivity contribution in [3.05, 3.63) is 12.2 Å². The van der Waals surface area contributed by atoms with Crippen molar-refractivity contribution in [3.8, 4) is 11.8 Å². The highest BCUT2D eigenvalue weighted by Gasteiger charge is 1.86. The predicted molar refractivity (Wildman–Crippen MR) is 52.0 cm³/mol. The molecule has 0 unspecified atom stereocenters. The lowest BCUT2D eigenvalue weighted by Crippen LogP contribution is -2.20. The zero-order valence-corrected chi connectivity index (χ0v) is 7.94. The molecule has 0 atom stereocenters. The number of ether oxygens (including phenoxy) is 1. The highest BCUT2D eigenvalue weighted by atomic mass is 16.5. The van der Waals surface area contributed by atoms with Crippen LogP contribution in [-0.2, 0) is 4.74 Å². The Kier molecular flexibility index (Phi) is 7.78. The van der Waals surface area contributed by atoms with E-state index in [1.165, 1.54) is 0 Å². The fraction of sp³-hybridized carbons (Fsp3) is 0.600. The summed E-state index contributed by atoms with van der Waals surface area (Å²) in [5.74, 6) is 5.72. The molecule has 0 amide bonds. The number of rotatable bonds is 6. The van der Waals surface area contributed by atoms with Crippen molar-refractivity contribution in [2.45, 2.75) is 13.8 Å². The van der Waals surface area contributed by atoms with Gasteiger partial charge in [-0.2, -0.15) is 0 Å². The van der Waals surface area contributed by atoms with E-state index in [-0.39, 0.29) is 0 Å². The molecule has 0 aliphatic rings. The van der Waals surface area contributed by atoms with E-state index in [1.807, 2.05) is 13.8 Å². The standard InChI is InChI=1S/C10H17NO/c1-4-5-6-11-7-8-12-9-10(2)3/h11H,2,6-9H2,1,3H3. The number of nitrogens with one attached hydrogen (secondary N) is 1. The summed E-state index contributed by atoms with van der Waals surface area (Å²) in [6.07, 6.45) is 0.